The number of hydrogen-bond acceptors (Lipinski definition) is 9. The van der Waals surface area contributed by atoms with Crippen LogP contribution in [-0.4, -0.2) is 58.8 Å². The molecule has 0 unspecified atom stereocenters. The third kappa shape index (κ3) is 5.25. The number of aromatic hydroxyl groups is 4. The van der Waals surface area contributed by atoms with E-state index in [0.29, 0.717) is 0 Å². The lowest BCUT2D eigenvalue weighted by atomic mass is 10.2. The first kappa shape index (κ1) is 19.9. The van der Waals surface area contributed by atoms with Crippen LogP contribution in [0.2, 0.25) is 0 Å². The van der Waals surface area contributed by atoms with Crippen molar-refractivity contribution >= 4 is 11.9 Å². The summed E-state index contributed by atoms with van der Waals surface area (Å²) < 4.78 is 14.9. The average molecular weight is 378 g/mol. The first-order chi connectivity index (χ1) is 12.9. The van der Waals surface area contributed by atoms with Crippen molar-refractivity contribution in [3.05, 3.63) is 47.5 Å². The molecule has 9 nitrogen and oxygen atoms in total. The van der Waals surface area contributed by atoms with Crippen LogP contribution in [0.4, 0.5) is 0 Å². The smallest absolute Gasteiger partial charge is 0.342 e. The number of benzene rings is 2. The van der Waals surface area contributed by atoms with Gasteiger partial charge in [0.2, 0.25) is 0 Å². The molecule has 0 aliphatic heterocycles. The van der Waals surface area contributed by atoms with Gasteiger partial charge in [0.05, 0.1) is 13.2 Å². The monoisotopic (exact) mass is 378 g/mol. The SMILES string of the molecule is O=C(OCCOCCOC(=O)c1cccc(O)c1O)c1cccc(O)c1O. The largest absolute Gasteiger partial charge is 0.504 e. The summed E-state index contributed by atoms with van der Waals surface area (Å²) in [5.74, 6) is -3.63. The highest BCUT2D eigenvalue weighted by molar-refractivity contribution is 5.93. The van der Waals surface area contributed by atoms with Crippen molar-refractivity contribution in [2.75, 3.05) is 26.4 Å². The fourth-order valence-electron chi connectivity index (χ4n) is 2.04. The molecule has 4 N–H and O–H groups in total. The number of carbonyl (C=O) groups excluding carboxylic acids is 2. The Morgan fingerprint density at radius 1 is 0.667 bits per heavy atom. The molecule has 9 heteroatoms. The Labute approximate surface area is 154 Å². The third-order valence-corrected chi connectivity index (χ3v) is 3.39. The zero-order valence-electron chi connectivity index (χ0n) is 14.1. The van der Waals surface area contributed by atoms with Crippen molar-refractivity contribution in [3.63, 3.8) is 0 Å². The van der Waals surface area contributed by atoms with E-state index in [4.69, 9.17) is 14.2 Å². The lowest BCUT2D eigenvalue weighted by Gasteiger charge is -2.09. The first-order valence-electron chi connectivity index (χ1n) is 7.85. The molecule has 2 rings (SSSR count). The van der Waals surface area contributed by atoms with Crippen LogP contribution in [0.3, 0.4) is 0 Å². The molecular formula is C18H18O9. The third-order valence-electron chi connectivity index (χ3n) is 3.39. The van der Waals surface area contributed by atoms with Crippen molar-refractivity contribution in [1.29, 1.82) is 0 Å². The zero-order chi connectivity index (χ0) is 19.8. The summed E-state index contributed by atoms with van der Waals surface area (Å²) in [5, 5.41) is 37.8. The normalized spacial score (nSPS) is 10.4. The Hall–Kier alpha value is -3.46. The molecule has 0 amide bonds. The molecule has 2 aromatic carbocycles. The number of carbonyl (C=O) groups is 2. The van der Waals surface area contributed by atoms with Crippen LogP contribution in [0.15, 0.2) is 36.4 Å². The number of para-hydroxylation sites is 2. The fraction of sp³-hybridized carbons (Fsp3) is 0.222. The van der Waals surface area contributed by atoms with Crippen molar-refractivity contribution in [1.82, 2.24) is 0 Å². The van der Waals surface area contributed by atoms with Crippen molar-refractivity contribution in [3.8, 4) is 23.0 Å². The maximum atomic E-state index is 11.7. The van der Waals surface area contributed by atoms with Gasteiger partial charge in [0.25, 0.3) is 0 Å². The van der Waals surface area contributed by atoms with E-state index < -0.39 is 34.9 Å². The molecule has 0 fully saturated rings. The van der Waals surface area contributed by atoms with Gasteiger partial charge in [0, 0.05) is 0 Å². The molecule has 0 spiro atoms. The van der Waals surface area contributed by atoms with Crippen molar-refractivity contribution in [2.45, 2.75) is 0 Å². The number of rotatable bonds is 8. The van der Waals surface area contributed by atoms with Crippen LogP contribution in [0.25, 0.3) is 0 Å². The van der Waals surface area contributed by atoms with Gasteiger partial charge in [-0.3, -0.25) is 0 Å². The van der Waals surface area contributed by atoms with Crippen LogP contribution >= 0.6 is 0 Å². The minimum atomic E-state index is -0.821. The summed E-state index contributed by atoms with van der Waals surface area (Å²) in [5.41, 5.74) is -0.343. The van der Waals surface area contributed by atoms with E-state index in [9.17, 15) is 30.0 Å². The van der Waals surface area contributed by atoms with Gasteiger partial charge in [-0.1, -0.05) is 12.1 Å². The van der Waals surface area contributed by atoms with E-state index in [1.54, 1.807) is 0 Å². The second-order valence-electron chi connectivity index (χ2n) is 5.23. The van der Waals surface area contributed by atoms with Crippen LogP contribution in [-0.2, 0) is 14.2 Å². The summed E-state index contributed by atoms with van der Waals surface area (Å²) in [6.45, 7) is -0.203. The Balaban J connectivity index is 1.65. The van der Waals surface area contributed by atoms with E-state index >= 15 is 0 Å². The molecule has 0 radical (unpaired) electrons. The maximum absolute atomic E-state index is 11.7. The quantitative estimate of drug-likeness (QED) is 0.305. The molecule has 0 aromatic heterocycles. The molecule has 0 saturated heterocycles. The van der Waals surface area contributed by atoms with E-state index in [-0.39, 0.29) is 37.6 Å². The molecule has 144 valence electrons. The molecule has 0 aliphatic rings. The molecule has 0 atom stereocenters. The Morgan fingerprint density at radius 3 is 1.48 bits per heavy atom. The molecule has 0 aliphatic carbocycles. The second kappa shape index (κ2) is 9.30. The number of hydrogen-bond donors (Lipinski definition) is 4. The van der Waals surface area contributed by atoms with Crippen molar-refractivity contribution < 1.29 is 44.2 Å². The van der Waals surface area contributed by atoms with Gasteiger partial charge in [0.1, 0.15) is 24.3 Å². The minimum Gasteiger partial charge on any atom is -0.504 e. The van der Waals surface area contributed by atoms with Gasteiger partial charge < -0.3 is 34.6 Å². The summed E-state index contributed by atoms with van der Waals surface area (Å²) in [6, 6.07) is 7.84. The summed E-state index contributed by atoms with van der Waals surface area (Å²) >= 11 is 0. The van der Waals surface area contributed by atoms with Crippen LogP contribution in [0.1, 0.15) is 20.7 Å². The van der Waals surface area contributed by atoms with Gasteiger partial charge in [0.15, 0.2) is 23.0 Å². The zero-order valence-corrected chi connectivity index (χ0v) is 14.1. The number of esters is 2. The second-order valence-corrected chi connectivity index (χ2v) is 5.23. The van der Waals surface area contributed by atoms with Gasteiger partial charge in [-0.15, -0.1) is 0 Å². The standard InChI is InChI=1S/C18H18O9/c19-13-5-1-3-11(15(13)21)17(23)26-9-7-25-8-10-27-18(24)12-4-2-6-14(20)16(12)22/h1-6,19-22H,7-10H2. The van der Waals surface area contributed by atoms with Crippen LogP contribution in [0.5, 0.6) is 23.0 Å². The number of ether oxygens (including phenoxy) is 3. The van der Waals surface area contributed by atoms with E-state index in [0.717, 1.165) is 0 Å². The van der Waals surface area contributed by atoms with E-state index in [1.807, 2.05) is 0 Å². The Kier molecular flexibility index (Phi) is 6.84. The number of phenols is 4. The van der Waals surface area contributed by atoms with E-state index in [1.165, 1.54) is 36.4 Å². The predicted octanol–water partition coefficient (Wildman–Crippen LogP) is 1.54. The van der Waals surface area contributed by atoms with Gasteiger partial charge in [-0.25, -0.2) is 9.59 Å². The molecule has 27 heavy (non-hydrogen) atoms. The number of phenolic OH excluding ortho intramolecular Hbond substituents is 4. The summed E-state index contributed by atoms with van der Waals surface area (Å²) in [6.07, 6.45) is 0. The van der Waals surface area contributed by atoms with Crippen molar-refractivity contribution in [2.24, 2.45) is 0 Å². The lowest BCUT2D eigenvalue weighted by Crippen LogP contribution is -2.15. The van der Waals surface area contributed by atoms with Gasteiger partial charge >= 0.3 is 11.9 Å². The lowest BCUT2D eigenvalue weighted by molar-refractivity contribution is 0.0148. The predicted molar refractivity (Wildman–Crippen MR) is 90.9 cm³/mol. The molecule has 0 bridgehead atoms. The van der Waals surface area contributed by atoms with Crippen LogP contribution in [0, 0.1) is 0 Å². The summed E-state index contributed by atoms with van der Waals surface area (Å²) in [4.78, 5) is 23.5. The van der Waals surface area contributed by atoms with E-state index in [2.05, 4.69) is 0 Å². The Morgan fingerprint density at radius 2 is 1.07 bits per heavy atom. The molecule has 0 saturated carbocycles. The van der Waals surface area contributed by atoms with Gasteiger partial charge in [-0.2, -0.15) is 0 Å². The minimum absolute atomic E-state index is 0.0141. The topological polar surface area (TPSA) is 143 Å². The molecular weight excluding hydrogens is 360 g/mol. The molecule has 2 aromatic rings. The Bertz CT molecular complexity index is 749. The molecule has 0 heterocycles. The highest BCUT2D eigenvalue weighted by Crippen LogP contribution is 2.29. The summed E-state index contributed by atoms with van der Waals surface area (Å²) in [7, 11) is 0. The average Bonchev–Trinajstić information content (AvgIpc) is 2.65. The highest BCUT2D eigenvalue weighted by Gasteiger charge is 2.16. The van der Waals surface area contributed by atoms with Crippen LogP contribution < -0.4 is 0 Å². The maximum Gasteiger partial charge on any atom is 0.342 e. The van der Waals surface area contributed by atoms with Gasteiger partial charge in [-0.05, 0) is 24.3 Å². The first-order valence-corrected chi connectivity index (χ1v) is 7.85. The highest BCUT2D eigenvalue weighted by atomic mass is 16.6. The fourth-order valence-corrected chi connectivity index (χ4v) is 2.04.